The van der Waals surface area contributed by atoms with E-state index >= 15 is 0 Å². The van der Waals surface area contributed by atoms with Crippen LogP contribution in [0.3, 0.4) is 0 Å². The maximum absolute atomic E-state index is 13.0. The third-order valence-corrected chi connectivity index (χ3v) is 4.50. The second-order valence-electron chi connectivity index (χ2n) is 6.77. The molecule has 1 aromatic carbocycles. The lowest BCUT2D eigenvalue weighted by Crippen LogP contribution is -2.22. The lowest BCUT2D eigenvalue weighted by molar-refractivity contribution is -0.137. The molecule has 1 aromatic rings. The third kappa shape index (κ3) is 6.77. The van der Waals surface area contributed by atoms with Crippen LogP contribution in [-0.4, -0.2) is 31.4 Å². The van der Waals surface area contributed by atoms with Crippen molar-refractivity contribution in [3.05, 3.63) is 23.8 Å². The molecule has 1 aliphatic heterocycles. The molecule has 0 unspecified atom stereocenters. The van der Waals surface area contributed by atoms with Crippen LogP contribution < -0.4 is 15.5 Å². The number of nitrogens with zero attached hydrogens (tertiary/aromatic N) is 1. The highest BCUT2D eigenvalue weighted by atomic mass is 19.4. The summed E-state index contributed by atoms with van der Waals surface area (Å²) in [5.74, 6) is -0.388. The van der Waals surface area contributed by atoms with Gasteiger partial charge in [0.25, 0.3) is 0 Å². The fourth-order valence-electron chi connectivity index (χ4n) is 3.11. The molecule has 0 spiro atoms. The van der Waals surface area contributed by atoms with Crippen molar-refractivity contribution in [1.82, 2.24) is 5.32 Å². The number of amides is 2. The molecule has 0 bridgehead atoms. The van der Waals surface area contributed by atoms with Gasteiger partial charge in [0.1, 0.15) is 0 Å². The molecule has 1 aliphatic rings. The van der Waals surface area contributed by atoms with Gasteiger partial charge in [-0.25, -0.2) is 0 Å². The summed E-state index contributed by atoms with van der Waals surface area (Å²) in [4.78, 5) is 25.0. The van der Waals surface area contributed by atoms with Gasteiger partial charge in [0, 0.05) is 33.0 Å². The van der Waals surface area contributed by atoms with Gasteiger partial charge in [0.15, 0.2) is 0 Å². The highest BCUT2D eigenvalue weighted by Gasteiger charge is 2.32. The molecule has 1 heterocycles. The van der Waals surface area contributed by atoms with Crippen LogP contribution >= 0.6 is 0 Å². The van der Waals surface area contributed by atoms with E-state index in [0.717, 1.165) is 50.9 Å². The normalized spacial score (nSPS) is 14.3. The molecule has 0 radical (unpaired) electrons. The lowest BCUT2D eigenvalue weighted by Gasteiger charge is -2.23. The smallest absolute Gasteiger partial charge is 0.370 e. The van der Waals surface area contributed by atoms with Gasteiger partial charge >= 0.3 is 6.18 Å². The average molecular weight is 385 g/mol. The molecular formula is C19H26F3N3O2. The van der Waals surface area contributed by atoms with Crippen molar-refractivity contribution in [3.8, 4) is 0 Å². The maximum atomic E-state index is 13.0. The fraction of sp³-hybridized carbons (Fsp3) is 0.579. The van der Waals surface area contributed by atoms with E-state index < -0.39 is 11.7 Å². The molecule has 1 fully saturated rings. The summed E-state index contributed by atoms with van der Waals surface area (Å²) in [6.07, 6.45) is -0.109. The van der Waals surface area contributed by atoms with Crippen molar-refractivity contribution in [1.29, 1.82) is 0 Å². The number of carbonyl (C=O) groups is 2. The molecule has 0 saturated carbocycles. The van der Waals surface area contributed by atoms with Gasteiger partial charge in [-0.1, -0.05) is 6.42 Å². The minimum atomic E-state index is -4.45. The second-order valence-corrected chi connectivity index (χ2v) is 6.77. The molecule has 2 N–H and O–H groups in total. The number of nitrogens with one attached hydrogen (secondary N) is 2. The van der Waals surface area contributed by atoms with E-state index in [2.05, 4.69) is 10.6 Å². The Morgan fingerprint density at radius 1 is 1.11 bits per heavy atom. The Kier molecular flexibility index (Phi) is 7.50. The first kappa shape index (κ1) is 21.1. The molecule has 8 heteroatoms. The van der Waals surface area contributed by atoms with Gasteiger partial charge in [0.2, 0.25) is 11.8 Å². The Morgan fingerprint density at radius 2 is 1.81 bits per heavy atom. The molecule has 2 rings (SSSR count). The van der Waals surface area contributed by atoms with Crippen LogP contribution in [0.2, 0.25) is 0 Å². The number of hydrogen-bond donors (Lipinski definition) is 2. The van der Waals surface area contributed by atoms with Crippen molar-refractivity contribution < 1.29 is 22.8 Å². The number of benzene rings is 1. The predicted molar refractivity (Wildman–Crippen MR) is 98.7 cm³/mol. The molecule has 150 valence electrons. The van der Waals surface area contributed by atoms with Crippen molar-refractivity contribution in [2.45, 2.75) is 51.6 Å². The summed E-state index contributed by atoms with van der Waals surface area (Å²) < 4.78 is 39.1. The monoisotopic (exact) mass is 385 g/mol. The zero-order valence-electron chi connectivity index (χ0n) is 15.5. The van der Waals surface area contributed by atoms with Crippen molar-refractivity contribution in [2.24, 2.45) is 0 Å². The highest BCUT2D eigenvalue weighted by molar-refractivity contribution is 5.94. The van der Waals surface area contributed by atoms with Gasteiger partial charge in [-0.2, -0.15) is 13.2 Å². The zero-order valence-corrected chi connectivity index (χ0v) is 15.5. The second kappa shape index (κ2) is 9.62. The van der Waals surface area contributed by atoms with Gasteiger partial charge in [0.05, 0.1) is 16.9 Å². The summed E-state index contributed by atoms with van der Waals surface area (Å²) in [5.41, 5.74) is 0.0885. The summed E-state index contributed by atoms with van der Waals surface area (Å²) in [6.45, 7) is 3.55. The van der Waals surface area contributed by atoms with E-state index in [1.165, 1.54) is 13.0 Å². The van der Waals surface area contributed by atoms with E-state index in [9.17, 15) is 22.8 Å². The number of rotatable bonds is 8. The quantitative estimate of drug-likeness (QED) is 0.667. The molecule has 0 aliphatic carbocycles. The number of hydrogen-bond acceptors (Lipinski definition) is 3. The summed E-state index contributed by atoms with van der Waals surface area (Å²) in [7, 11) is 0. The minimum Gasteiger partial charge on any atom is -0.370 e. The number of anilines is 2. The Labute approximate surface area is 157 Å². The van der Waals surface area contributed by atoms with Gasteiger partial charge < -0.3 is 15.5 Å². The fourth-order valence-corrected chi connectivity index (χ4v) is 3.11. The summed E-state index contributed by atoms with van der Waals surface area (Å²) in [6, 6.07) is 3.52. The average Bonchev–Trinajstić information content (AvgIpc) is 3.11. The van der Waals surface area contributed by atoms with Crippen LogP contribution in [0, 0.1) is 0 Å². The molecular weight excluding hydrogens is 359 g/mol. The number of carbonyl (C=O) groups excluding carboxylic acids is 2. The van der Waals surface area contributed by atoms with E-state index in [-0.39, 0.29) is 23.9 Å². The standard InChI is InChI=1S/C19H26F3N3O2/c1-14(26)23-10-4-2-3-7-18(27)24-16-13-15(19(20,21)22)8-9-17(16)25-11-5-6-12-25/h8-9,13H,2-7,10-12H2,1H3,(H,23,26)(H,24,27). The van der Waals surface area contributed by atoms with Gasteiger partial charge in [-0.15, -0.1) is 0 Å². The predicted octanol–water partition coefficient (Wildman–Crippen LogP) is 3.94. The molecule has 0 atom stereocenters. The SMILES string of the molecule is CC(=O)NCCCCCC(=O)Nc1cc(C(F)(F)F)ccc1N1CCCC1. The van der Waals surface area contributed by atoms with Crippen LogP contribution in [-0.2, 0) is 15.8 Å². The van der Waals surface area contributed by atoms with Crippen molar-refractivity contribution in [3.63, 3.8) is 0 Å². The Hall–Kier alpha value is -2.25. The first-order valence-electron chi connectivity index (χ1n) is 9.28. The first-order chi connectivity index (χ1) is 12.8. The van der Waals surface area contributed by atoms with E-state index in [1.54, 1.807) is 0 Å². The molecule has 2 amide bonds. The number of alkyl halides is 3. The summed E-state index contributed by atoms with van der Waals surface area (Å²) >= 11 is 0. The summed E-state index contributed by atoms with van der Waals surface area (Å²) in [5, 5.41) is 5.34. The Balaban J connectivity index is 1.95. The minimum absolute atomic E-state index is 0.0910. The Morgan fingerprint density at radius 3 is 2.44 bits per heavy atom. The van der Waals surface area contributed by atoms with Gasteiger partial charge in [-0.05, 0) is 43.9 Å². The van der Waals surface area contributed by atoms with Crippen LogP contribution in [0.1, 0.15) is 51.0 Å². The van der Waals surface area contributed by atoms with Crippen LogP contribution in [0.5, 0.6) is 0 Å². The number of halogens is 3. The topological polar surface area (TPSA) is 61.4 Å². The van der Waals surface area contributed by atoms with E-state index in [0.29, 0.717) is 18.7 Å². The van der Waals surface area contributed by atoms with Crippen LogP contribution in [0.25, 0.3) is 0 Å². The lowest BCUT2D eigenvalue weighted by atomic mass is 10.1. The molecule has 27 heavy (non-hydrogen) atoms. The highest BCUT2D eigenvalue weighted by Crippen LogP contribution is 2.36. The van der Waals surface area contributed by atoms with Crippen molar-refractivity contribution in [2.75, 3.05) is 29.9 Å². The van der Waals surface area contributed by atoms with E-state index in [1.807, 2.05) is 4.90 Å². The third-order valence-electron chi connectivity index (χ3n) is 4.50. The number of unbranched alkanes of at least 4 members (excludes halogenated alkanes) is 2. The maximum Gasteiger partial charge on any atom is 0.416 e. The first-order valence-corrected chi connectivity index (χ1v) is 9.28. The zero-order chi connectivity index (χ0) is 19.9. The Bertz CT molecular complexity index is 656. The van der Waals surface area contributed by atoms with Crippen LogP contribution in [0.4, 0.5) is 24.5 Å². The van der Waals surface area contributed by atoms with Crippen LogP contribution in [0.15, 0.2) is 18.2 Å². The van der Waals surface area contributed by atoms with Crippen molar-refractivity contribution >= 4 is 23.2 Å². The molecule has 5 nitrogen and oxygen atoms in total. The molecule has 0 aromatic heterocycles. The van der Waals surface area contributed by atoms with E-state index in [4.69, 9.17) is 0 Å². The van der Waals surface area contributed by atoms with Gasteiger partial charge in [-0.3, -0.25) is 9.59 Å². The molecule has 1 saturated heterocycles. The largest absolute Gasteiger partial charge is 0.416 e.